The van der Waals surface area contributed by atoms with Crippen LogP contribution in [0.25, 0.3) is 0 Å². The smallest absolute Gasteiger partial charge is 0.258 e. The van der Waals surface area contributed by atoms with Crippen LogP contribution >= 0.6 is 23.2 Å². The first-order chi connectivity index (χ1) is 9.40. The molecule has 0 aromatic heterocycles. The highest BCUT2D eigenvalue weighted by Crippen LogP contribution is 2.33. The lowest BCUT2D eigenvalue weighted by atomic mass is 10.1. The molecule has 0 aliphatic carbocycles. The zero-order valence-corrected chi connectivity index (χ0v) is 11.9. The second-order valence-corrected chi connectivity index (χ2v) is 4.96. The average Bonchev–Trinajstić information content (AvgIpc) is 2.39. The second kappa shape index (κ2) is 5.69. The number of nitrogens with one attached hydrogen (secondary N) is 1. The van der Waals surface area contributed by atoms with Crippen LogP contribution in [0.2, 0.25) is 10.0 Å². The van der Waals surface area contributed by atoms with Gasteiger partial charge >= 0.3 is 0 Å². The Labute approximate surface area is 124 Å². The fourth-order valence-electron chi connectivity index (χ4n) is 1.64. The lowest BCUT2D eigenvalue weighted by molar-refractivity contribution is 0.102. The molecule has 104 valence electrons. The Hall–Kier alpha value is -1.78. The van der Waals surface area contributed by atoms with Gasteiger partial charge in [-0.1, -0.05) is 29.3 Å². The summed E-state index contributed by atoms with van der Waals surface area (Å²) in [5.74, 6) is -1.79. The normalized spacial score (nSPS) is 10.4. The molecule has 0 spiro atoms. The van der Waals surface area contributed by atoms with Gasteiger partial charge in [-0.15, -0.1) is 0 Å². The molecule has 0 heterocycles. The average molecular weight is 314 g/mol. The van der Waals surface area contributed by atoms with Crippen LogP contribution in [0.3, 0.4) is 0 Å². The van der Waals surface area contributed by atoms with Crippen molar-refractivity contribution in [3.8, 4) is 5.75 Å². The molecule has 1 amide bonds. The van der Waals surface area contributed by atoms with Crippen molar-refractivity contribution < 1.29 is 14.3 Å². The molecule has 0 unspecified atom stereocenters. The number of hydrogen-bond donors (Lipinski definition) is 2. The maximum absolute atomic E-state index is 13.6. The molecule has 0 aliphatic heterocycles. The van der Waals surface area contributed by atoms with Gasteiger partial charge < -0.3 is 10.4 Å². The van der Waals surface area contributed by atoms with Crippen molar-refractivity contribution in [1.82, 2.24) is 0 Å². The third-order valence-corrected chi connectivity index (χ3v) is 3.52. The van der Waals surface area contributed by atoms with Crippen molar-refractivity contribution >= 4 is 34.8 Å². The Morgan fingerprint density at radius 1 is 1.25 bits per heavy atom. The van der Waals surface area contributed by atoms with Crippen LogP contribution in [0.5, 0.6) is 5.75 Å². The van der Waals surface area contributed by atoms with E-state index in [9.17, 15) is 9.18 Å². The summed E-state index contributed by atoms with van der Waals surface area (Å²) in [7, 11) is 0. The number of carbonyl (C=O) groups is 1. The highest BCUT2D eigenvalue weighted by atomic mass is 35.5. The summed E-state index contributed by atoms with van der Waals surface area (Å²) in [5, 5.41) is 12.1. The van der Waals surface area contributed by atoms with Gasteiger partial charge in [-0.3, -0.25) is 4.79 Å². The van der Waals surface area contributed by atoms with Crippen LogP contribution in [0.1, 0.15) is 15.9 Å². The predicted octanol–water partition coefficient (Wildman–Crippen LogP) is 4.40. The molecule has 0 fully saturated rings. The lowest BCUT2D eigenvalue weighted by Crippen LogP contribution is -2.14. The van der Waals surface area contributed by atoms with Gasteiger partial charge in [0.15, 0.2) is 0 Å². The molecule has 0 atom stereocenters. The number of rotatable bonds is 2. The van der Waals surface area contributed by atoms with Crippen LogP contribution in [0, 0.1) is 12.7 Å². The number of aryl methyl sites for hydroxylation is 1. The fourth-order valence-corrected chi connectivity index (χ4v) is 2.11. The Morgan fingerprint density at radius 3 is 2.60 bits per heavy atom. The van der Waals surface area contributed by atoms with E-state index in [1.807, 2.05) is 0 Å². The number of phenolic OH excluding ortho intramolecular Hbond substituents is 1. The fraction of sp³-hybridized carbons (Fsp3) is 0.0714. The maximum atomic E-state index is 13.6. The molecule has 20 heavy (non-hydrogen) atoms. The third-order valence-electron chi connectivity index (χ3n) is 2.72. The molecular formula is C14H10Cl2FNO2. The zero-order valence-electron chi connectivity index (χ0n) is 10.4. The van der Waals surface area contributed by atoms with Gasteiger partial charge in [0.2, 0.25) is 0 Å². The van der Waals surface area contributed by atoms with Gasteiger partial charge in [0, 0.05) is 6.07 Å². The summed E-state index contributed by atoms with van der Waals surface area (Å²) in [4.78, 5) is 12.0. The molecule has 0 bridgehead atoms. The minimum absolute atomic E-state index is 0.212. The van der Waals surface area contributed by atoms with Crippen molar-refractivity contribution in [1.29, 1.82) is 0 Å². The zero-order chi connectivity index (χ0) is 14.9. The minimum atomic E-state index is -0.831. The van der Waals surface area contributed by atoms with Crippen LogP contribution in [0.4, 0.5) is 10.1 Å². The quantitative estimate of drug-likeness (QED) is 0.863. The summed E-state index contributed by atoms with van der Waals surface area (Å²) in [6, 6.07) is 6.55. The van der Waals surface area contributed by atoms with E-state index in [2.05, 4.69) is 5.32 Å². The van der Waals surface area contributed by atoms with E-state index in [-0.39, 0.29) is 22.0 Å². The van der Waals surface area contributed by atoms with Crippen LogP contribution < -0.4 is 5.32 Å². The molecule has 6 heteroatoms. The van der Waals surface area contributed by atoms with E-state index < -0.39 is 11.7 Å². The molecular weight excluding hydrogens is 304 g/mol. The number of anilines is 1. The monoisotopic (exact) mass is 313 g/mol. The molecule has 2 aromatic carbocycles. The van der Waals surface area contributed by atoms with Gasteiger partial charge in [0.25, 0.3) is 5.91 Å². The minimum Gasteiger partial charge on any atom is -0.508 e. The van der Waals surface area contributed by atoms with Crippen molar-refractivity contribution in [2.75, 3.05) is 5.32 Å². The largest absolute Gasteiger partial charge is 0.508 e. The van der Waals surface area contributed by atoms with E-state index in [4.69, 9.17) is 28.3 Å². The first kappa shape index (κ1) is 14.6. The highest BCUT2D eigenvalue weighted by molar-refractivity contribution is 6.40. The first-order valence-electron chi connectivity index (χ1n) is 5.64. The van der Waals surface area contributed by atoms with E-state index >= 15 is 0 Å². The molecule has 0 aliphatic rings. The van der Waals surface area contributed by atoms with E-state index in [0.29, 0.717) is 5.02 Å². The number of benzene rings is 2. The van der Waals surface area contributed by atoms with Crippen LogP contribution in [0.15, 0.2) is 30.3 Å². The van der Waals surface area contributed by atoms with Crippen molar-refractivity contribution in [3.63, 3.8) is 0 Å². The molecule has 2 aromatic rings. The number of carbonyl (C=O) groups excluding carboxylic acids is 1. The lowest BCUT2D eigenvalue weighted by Gasteiger charge is -2.11. The number of halogens is 3. The Kier molecular flexibility index (Phi) is 4.16. The van der Waals surface area contributed by atoms with E-state index in [1.54, 1.807) is 19.1 Å². The Bertz CT molecular complexity index is 689. The topological polar surface area (TPSA) is 49.3 Å². The molecule has 0 radical (unpaired) electrons. The molecule has 3 nitrogen and oxygen atoms in total. The summed E-state index contributed by atoms with van der Waals surface area (Å²) in [6.07, 6.45) is 0. The number of hydrogen-bond acceptors (Lipinski definition) is 2. The number of amides is 1. The summed E-state index contributed by atoms with van der Waals surface area (Å²) in [5.41, 5.74) is 0.750. The molecule has 0 saturated heterocycles. The van der Waals surface area contributed by atoms with Gasteiger partial charge in [-0.2, -0.15) is 0 Å². The summed E-state index contributed by atoms with van der Waals surface area (Å²) in [6.45, 7) is 1.76. The van der Waals surface area contributed by atoms with E-state index in [0.717, 1.165) is 11.6 Å². The van der Waals surface area contributed by atoms with E-state index in [1.165, 1.54) is 12.1 Å². The standard InChI is InChI=1S/C14H10Cl2FNO2/c1-7-2-5-10(15)13(12(7)16)18-14(20)9-4-3-8(19)6-11(9)17/h2-6,19H,1H3,(H,18,20). The second-order valence-electron chi connectivity index (χ2n) is 4.17. The SMILES string of the molecule is Cc1ccc(Cl)c(NC(=O)c2ccc(O)cc2F)c1Cl. The first-order valence-corrected chi connectivity index (χ1v) is 6.40. The van der Waals surface area contributed by atoms with Crippen molar-refractivity contribution in [3.05, 3.63) is 57.3 Å². The summed E-state index contributed by atoms with van der Waals surface area (Å²) < 4.78 is 13.6. The predicted molar refractivity (Wildman–Crippen MR) is 77.2 cm³/mol. The van der Waals surface area contributed by atoms with Crippen molar-refractivity contribution in [2.45, 2.75) is 6.92 Å². The van der Waals surface area contributed by atoms with Gasteiger partial charge in [-0.05, 0) is 30.7 Å². The Morgan fingerprint density at radius 2 is 1.95 bits per heavy atom. The van der Waals surface area contributed by atoms with Crippen molar-refractivity contribution in [2.24, 2.45) is 0 Å². The van der Waals surface area contributed by atoms with Gasteiger partial charge in [0.1, 0.15) is 11.6 Å². The highest BCUT2D eigenvalue weighted by Gasteiger charge is 2.16. The molecule has 2 rings (SSSR count). The third kappa shape index (κ3) is 2.86. The summed E-state index contributed by atoms with van der Waals surface area (Å²) >= 11 is 12.0. The molecule has 2 N–H and O–H groups in total. The Balaban J connectivity index is 2.35. The van der Waals surface area contributed by atoms with Gasteiger partial charge in [-0.25, -0.2) is 4.39 Å². The molecule has 0 saturated carbocycles. The van der Waals surface area contributed by atoms with Crippen LogP contribution in [-0.2, 0) is 0 Å². The maximum Gasteiger partial charge on any atom is 0.258 e. The number of phenols is 1. The van der Waals surface area contributed by atoms with Crippen LogP contribution in [-0.4, -0.2) is 11.0 Å². The van der Waals surface area contributed by atoms with Gasteiger partial charge in [0.05, 0.1) is 21.3 Å². The number of aromatic hydroxyl groups is 1.